The fourth-order valence-electron chi connectivity index (χ4n) is 2.65. The molecule has 0 unspecified atom stereocenters. The second kappa shape index (κ2) is 8.61. The Morgan fingerprint density at radius 1 is 1.05 bits per heavy atom. The van der Waals surface area contributed by atoms with Crippen LogP contribution in [0.4, 0.5) is 0 Å². The van der Waals surface area contributed by atoms with Gasteiger partial charge < -0.3 is 4.42 Å². The second-order valence-corrected chi connectivity index (χ2v) is 6.85. The van der Waals surface area contributed by atoms with Crippen LogP contribution in [0.2, 0.25) is 0 Å². The van der Waals surface area contributed by atoms with Crippen LogP contribution in [-0.2, 0) is 6.54 Å². The maximum atomic E-state index is 11.9. The molecule has 0 atom stereocenters. The van der Waals surface area contributed by atoms with E-state index in [4.69, 9.17) is 4.42 Å². The van der Waals surface area contributed by atoms with E-state index in [1.54, 1.807) is 4.57 Å². The monoisotopic (exact) mass is 401 g/mol. The molecule has 0 fully saturated rings. The summed E-state index contributed by atoms with van der Waals surface area (Å²) in [4.78, 5) is 11.9. The van der Waals surface area contributed by atoms with Crippen molar-refractivity contribution in [3.63, 3.8) is 0 Å². The highest BCUT2D eigenvalue weighted by atomic mass is 127. The Bertz CT molecular complexity index is 615. The molecule has 21 heavy (non-hydrogen) atoms. The van der Waals surface area contributed by atoms with Gasteiger partial charge in [-0.1, -0.05) is 51.9 Å². The molecule has 0 radical (unpaired) electrons. The van der Waals surface area contributed by atoms with Crippen molar-refractivity contribution in [1.82, 2.24) is 4.57 Å². The van der Waals surface area contributed by atoms with Gasteiger partial charge in [-0.25, -0.2) is 4.79 Å². The van der Waals surface area contributed by atoms with E-state index in [1.807, 2.05) is 18.2 Å². The molecule has 0 bridgehead atoms. The Morgan fingerprint density at radius 2 is 1.71 bits per heavy atom. The Hall–Kier alpha value is -0.780. The zero-order valence-electron chi connectivity index (χ0n) is 12.7. The normalized spacial score (nSPS) is 11.3. The highest BCUT2D eigenvalue weighted by Crippen LogP contribution is 2.17. The molecule has 0 aliphatic heterocycles. The Morgan fingerprint density at radius 3 is 2.43 bits per heavy atom. The quantitative estimate of drug-likeness (QED) is 0.420. The number of aryl methyl sites for hydroxylation is 1. The number of fused-ring (bicyclic) bond motifs is 1. The molecule has 2 aromatic rings. The number of unbranched alkanes of at least 4 members (excludes halogenated alkanes) is 7. The fourth-order valence-corrected chi connectivity index (χ4v) is 3.13. The minimum atomic E-state index is -0.227. The maximum absolute atomic E-state index is 11.9. The Kier molecular flexibility index (Phi) is 6.80. The van der Waals surface area contributed by atoms with Gasteiger partial charge in [0.25, 0.3) is 0 Å². The average molecular weight is 401 g/mol. The number of hydrogen-bond donors (Lipinski definition) is 0. The first kappa shape index (κ1) is 16.6. The summed E-state index contributed by atoms with van der Waals surface area (Å²) >= 11 is 2.26. The lowest BCUT2D eigenvalue weighted by Crippen LogP contribution is -2.14. The summed E-state index contributed by atoms with van der Waals surface area (Å²) in [6, 6.07) is 5.86. The molecular formula is C17H24INO2. The number of oxazole rings is 1. The molecule has 4 heteroatoms. The van der Waals surface area contributed by atoms with Crippen molar-refractivity contribution in [3.05, 3.63) is 32.3 Å². The van der Waals surface area contributed by atoms with E-state index in [-0.39, 0.29) is 5.76 Å². The van der Waals surface area contributed by atoms with Gasteiger partial charge in [-0.2, -0.15) is 0 Å². The van der Waals surface area contributed by atoms with Gasteiger partial charge in [0.2, 0.25) is 0 Å². The van der Waals surface area contributed by atoms with Crippen molar-refractivity contribution in [2.75, 3.05) is 0 Å². The molecule has 116 valence electrons. The van der Waals surface area contributed by atoms with Crippen molar-refractivity contribution >= 4 is 33.7 Å². The van der Waals surface area contributed by atoms with Crippen molar-refractivity contribution in [2.45, 2.75) is 64.8 Å². The van der Waals surface area contributed by atoms with Crippen molar-refractivity contribution in [3.8, 4) is 0 Å². The smallest absolute Gasteiger partial charge is 0.408 e. The van der Waals surface area contributed by atoms with Crippen LogP contribution in [-0.4, -0.2) is 4.57 Å². The minimum Gasteiger partial charge on any atom is -0.408 e. The van der Waals surface area contributed by atoms with Crippen LogP contribution >= 0.6 is 22.6 Å². The second-order valence-electron chi connectivity index (χ2n) is 5.61. The number of nitrogens with zero attached hydrogens (tertiary/aromatic N) is 1. The number of hydrogen-bond acceptors (Lipinski definition) is 2. The minimum absolute atomic E-state index is 0.227. The van der Waals surface area contributed by atoms with E-state index in [0.717, 1.165) is 22.1 Å². The SMILES string of the molecule is CCCCCCCCCCn1c(=O)oc2ccc(I)cc21. The maximum Gasteiger partial charge on any atom is 0.419 e. The van der Waals surface area contributed by atoms with E-state index in [1.165, 1.54) is 44.9 Å². The van der Waals surface area contributed by atoms with E-state index in [2.05, 4.69) is 29.5 Å². The number of aromatic nitrogens is 1. The zero-order valence-corrected chi connectivity index (χ0v) is 14.9. The zero-order chi connectivity index (χ0) is 15.1. The first-order valence-corrected chi connectivity index (χ1v) is 9.09. The molecule has 1 aromatic heterocycles. The molecule has 0 aliphatic carbocycles. The topological polar surface area (TPSA) is 35.1 Å². The third-order valence-electron chi connectivity index (χ3n) is 3.86. The van der Waals surface area contributed by atoms with Gasteiger partial charge in [0.1, 0.15) is 0 Å². The van der Waals surface area contributed by atoms with Crippen LogP contribution in [0.3, 0.4) is 0 Å². The van der Waals surface area contributed by atoms with Crippen LogP contribution in [0.1, 0.15) is 58.3 Å². The average Bonchev–Trinajstić information content (AvgIpc) is 2.77. The lowest BCUT2D eigenvalue weighted by molar-refractivity contribution is 0.484. The first-order valence-electron chi connectivity index (χ1n) is 8.01. The molecule has 1 aromatic carbocycles. The molecule has 0 N–H and O–H groups in total. The summed E-state index contributed by atoms with van der Waals surface area (Å²) in [5.41, 5.74) is 1.62. The summed E-state index contributed by atoms with van der Waals surface area (Å²) in [6.07, 6.45) is 10.2. The number of halogens is 1. The molecule has 2 rings (SSSR count). The van der Waals surface area contributed by atoms with Gasteiger partial charge in [0.05, 0.1) is 5.52 Å². The van der Waals surface area contributed by atoms with Gasteiger partial charge >= 0.3 is 5.76 Å². The summed E-state index contributed by atoms with van der Waals surface area (Å²) < 4.78 is 8.18. The summed E-state index contributed by atoms with van der Waals surface area (Å²) in [5.74, 6) is -0.227. The molecule has 0 aliphatic rings. The van der Waals surface area contributed by atoms with E-state index >= 15 is 0 Å². The van der Waals surface area contributed by atoms with E-state index in [9.17, 15) is 4.79 Å². The van der Waals surface area contributed by atoms with E-state index in [0.29, 0.717) is 5.58 Å². The third-order valence-corrected chi connectivity index (χ3v) is 4.54. The van der Waals surface area contributed by atoms with Crippen LogP contribution < -0.4 is 5.76 Å². The van der Waals surface area contributed by atoms with Crippen molar-refractivity contribution in [1.29, 1.82) is 0 Å². The Labute approximate surface area is 139 Å². The van der Waals surface area contributed by atoms with Gasteiger partial charge in [0.15, 0.2) is 5.58 Å². The molecule has 1 heterocycles. The standard InChI is InChI=1S/C17H24INO2/c1-2-3-4-5-6-7-8-9-12-19-15-13-14(18)10-11-16(15)21-17(19)20/h10-11,13H,2-9,12H2,1H3. The van der Waals surface area contributed by atoms with Gasteiger partial charge in [-0.3, -0.25) is 4.57 Å². The number of benzene rings is 1. The van der Waals surface area contributed by atoms with Gasteiger partial charge in [-0.05, 0) is 47.2 Å². The summed E-state index contributed by atoms with van der Waals surface area (Å²) in [7, 11) is 0. The molecule has 0 spiro atoms. The van der Waals surface area contributed by atoms with E-state index < -0.39 is 0 Å². The summed E-state index contributed by atoms with van der Waals surface area (Å²) in [6.45, 7) is 3.01. The first-order chi connectivity index (χ1) is 10.2. The summed E-state index contributed by atoms with van der Waals surface area (Å²) in [5, 5.41) is 0. The Balaban J connectivity index is 1.80. The van der Waals surface area contributed by atoms with Crippen LogP contribution in [0, 0.1) is 3.57 Å². The van der Waals surface area contributed by atoms with Crippen LogP contribution in [0.25, 0.3) is 11.1 Å². The predicted molar refractivity (Wildman–Crippen MR) is 95.8 cm³/mol. The molecule has 0 saturated carbocycles. The van der Waals surface area contributed by atoms with Gasteiger partial charge in [0, 0.05) is 10.1 Å². The molecule has 0 amide bonds. The van der Waals surface area contributed by atoms with Crippen LogP contribution in [0.5, 0.6) is 0 Å². The molecular weight excluding hydrogens is 377 g/mol. The van der Waals surface area contributed by atoms with Crippen molar-refractivity contribution < 1.29 is 4.42 Å². The number of rotatable bonds is 9. The van der Waals surface area contributed by atoms with Crippen LogP contribution in [0.15, 0.2) is 27.4 Å². The highest BCUT2D eigenvalue weighted by Gasteiger charge is 2.08. The lowest BCUT2D eigenvalue weighted by atomic mass is 10.1. The molecule has 0 saturated heterocycles. The van der Waals surface area contributed by atoms with Gasteiger partial charge in [-0.15, -0.1) is 0 Å². The largest absolute Gasteiger partial charge is 0.419 e. The molecule has 3 nitrogen and oxygen atoms in total. The third kappa shape index (κ3) is 4.87. The van der Waals surface area contributed by atoms with Crippen molar-refractivity contribution in [2.24, 2.45) is 0 Å². The lowest BCUT2D eigenvalue weighted by Gasteiger charge is -2.03. The fraction of sp³-hybridized carbons (Fsp3) is 0.588. The predicted octanol–water partition coefficient (Wildman–Crippen LogP) is 5.34. The highest BCUT2D eigenvalue weighted by molar-refractivity contribution is 14.1.